The summed E-state index contributed by atoms with van der Waals surface area (Å²) in [6, 6.07) is -0.690. The highest BCUT2D eigenvalue weighted by molar-refractivity contribution is 5.93. The average Bonchev–Trinajstić information content (AvgIpc) is 2.33. The van der Waals surface area contributed by atoms with Gasteiger partial charge in [0.25, 0.3) is 0 Å². The van der Waals surface area contributed by atoms with Gasteiger partial charge in [-0.1, -0.05) is 0 Å². The van der Waals surface area contributed by atoms with E-state index in [1.165, 1.54) is 9.80 Å². The van der Waals surface area contributed by atoms with Crippen LogP contribution >= 0.6 is 0 Å². The number of amides is 3. The van der Waals surface area contributed by atoms with Gasteiger partial charge in [0.05, 0.1) is 6.42 Å². The number of carbonyl (C=O) groups excluding carboxylic acids is 3. The summed E-state index contributed by atoms with van der Waals surface area (Å²) in [6.07, 6.45) is 0.315. The van der Waals surface area contributed by atoms with E-state index in [0.29, 0.717) is 6.54 Å². The van der Waals surface area contributed by atoms with E-state index in [1.54, 1.807) is 21.1 Å². The lowest BCUT2D eigenvalue weighted by molar-refractivity contribution is -0.140. The van der Waals surface area contributed by atoms with Gasteiger partial charge >= 0.3 is 0 Å². The van der Waals surface area contributed by atoms with Crippen molar-refractivity contribution >= 4 is 17.7 Å². The maximum Gasteiger partial charge on any atom is 0.243 e. The molecule has 0 aromatic carbocycles. The summed E-state index contributed by atoms with van der Waals surface area (Å²) in [5.41, 5.74) is 0. The molecule has 90 valence electrons. The van der Waals surface area contributed by atoms with Crippen molar-refractivity contribution in [2.45, 2.75) is 18.9 Å². The molecule has 0 aromatic rings. The Morgan fingerprint density at radius 1 is 1.50 bits per heavy atom. The maximum atomic E-state index is 11.7. The van der Waals surface area contributed by atoms with Crippen molar-refractivity contribution < 1.29 is 14.4 Å². The Balaban J connectivity index is 2.77. The van der Waals surface area contributed by atoms with E-state index >= 15 is 0 Å². The molecule has 1 atom stereocenters. The number of rotatable bonds is 2. The van der Waals surface area contributed by atoms with Crippen LogP contribution in [0.15, 0.2) is 0 Å². The van der Waals surface area contributed by atoms with Crippen molar-refractivity contribution in [2.24, 2.45) is 0 Å². The zero-order chi connectivity index (χ0) is 12.3. The fourth-order valence-electron chi connectivity index (χ4n) is 1.51. The van der Waals surface area contributed by atoms with Crippen LogP contribution in [-0.2, 0) is 14.4 Å². The highest BCUT2D eigenvalue weighted by atomic mass is 16.2. The molecule has 0 bridgehead atoms. The molecular weight excluding hydrogens is 210 g/mol. The van der Waals surface area contributed by atoms with Gasteiger partial charge in [-0.25, -0.2) is 0 Å². The molecule has 0 saturated carbocycles. The molecule has 6 nitrogen and oxygen atoms in total. The van der Waals surface area contributed by atoms with Crippen molar-refractivity contribution in [3.05, 3.63) is 0 Å². The Kier molecular flexibility index (Phi) is 3.87. The fraction of sp³-hybridized carbons (Fsp3) is 0.700. The van der Waals surface area contributed by atoms with Gasteiger partial charge in [-0.15, -0.1) is 0 Å². The van der Waals surface area contributed by atoms with Gasteiger partial charge in [-0.3, -0.25) is 14.4 Å². The van der Waals surface area contributed by atoms with Crippen LogP contribution in [0.1, 0.15) is 12.8 Å². The first-order chi connectivity index (χ1) is 7.43. The molecule has 0 unspecified atom stereocenters. The third kappa shape index (κ3) is 2.71. The van der Waals surface area contributed by atoms with Crippen LogP contribution in [0.5, 0.6) is 0 Å². The number of hydrogen-bond acceptors (Lipinski definition) is 3. The predicted octanol–water partition coefficient (Wildman–Crippen LogP) is -1.19. The lowest BCUT2D eigenvalue weighted by atomic mass is 10.1. The Labute approximate surface area is 94.6 Å². The van der Waals surface area contributed by atoms with E-state index in [9.17, 15) is 14.4 Å². The van der Waals surface area contributed by atoms with Gasteiger partial charge in [-0.2, -0.15) is 0 Å². The van der Waals surface area contributed by atoms with Crippen LogP contribution in [0.2, 0.25) is 0 Å². The second-order valence-electron chi connectivity index (χ2n) is 4.05. The molecule has 1 aliphatic rings. The number of nitrogens with zero attached hydrogens (tertiary/aromatic N) is 2. The summed E-state index contributed by atoms with van der Waals surface area (Å²) in [5.74, 6) is -0.542. The van der Waals surface area contributed by atoms with E-state index in [4.69, 9.17) is 0 Å². The van der Waals surface area contributed by atoms with Crippen LogP contribution in [0.3, 0.4) is 0 Å². The zero-order valence-corrected chi connectivity index (χ0v) is 9.82. The standard InChI is InChI=1S/C10H17N3O3/c1-12(2)9(15)6-7-10(16)11-5-4-8(14)13(7)3/h7H,4-6H2,1-3H3,(H,11,16)/t7-/m0/s1. The molecule has 1 fully saturated rings. The summed E-state index contributed by atoms with van der Waals surface area (Å²) in [6.45, 7) is 0.342. The van der Waals surface area contributed by atoms with Crippen LogP contribution in [0.4, 0.5) is 0 Å². The van der Waals surface area contributed by atoms with Gasteiger partial charge in [0.2, 0.25) is 17.7 Å². The minimum atomic E-state index is -0.690. The highest BCUT2D eigenvalue weighted by Crippen LogP contribution is 2.09. The SMILES string of the molecule is CN(C)C(=O)C[C@H]1C(=O)NCCC(=O)N1C. The largest absolute Gasteiger partial charge is 0.354 e. The van der Waals surface area contributed by atoms with Crippen LogP contribution < -0.4 is 5.32 Å². The Morgan fingerprint density at radius 2 is 2.12 bits per heavy atom. The summed E-state index contributed by atoms with van der Waals surface area (Å²) in [5, 5.41) is 2.63. The van der Waals surface area contributed by atoms with Gasteiger partial charge in [0, 0.05) is 34.1 Å². The fourth-order valence-corrected chi connectivity index (χ4v) is 1.51. The summed E-state index contributed by atoms with van der Waals surface area (Å²) < 4.78 is 0. The monoisotopic (exact) mass is 227 g/mol. The molecule has 1 N–H and O–H groups in total. The second kappa shape index (κ2) is 4.96. The predicted molar refractivity (Wildman–Crippen MR) is 57.5 cm³/mol. The molecule has 1 rings (SSSR count). The molecule has 1 aliphatic heterocycles. The molecular formula is C10H17N3O3. The molecule has 16 heavy (non-hydrogen) atoms. The quantitative estimate of drug-likeness (QED) is 0.645. The number of carbonyl (C=O) groups is 3. The minimum Gasteiger partial charge on any atom is -0.354 e. The highest BCUT2D eigenvalue weighted by Gasteiger charge is 2.31. The van der Waals surface area contributed by atoms with E-state index in [0.717, 1.165) is 0 Å². The van der Waals surface area contributed by atoms with Crippen molar-refractivity contribution in [3.63, 3.8) is 0 Å². The van der Waals surface area contributed by atoms with Gasteiger partial charge in [0.15, 0.2) is 0 Å². The summed E-state index contributed by atoms with van der Waals surface area (Å²) in [4.78, 5) is 37.5. The lowest BCUT2D eigenvalue weighted by Gasteiger charge is -2.24. The molecule has 0 aromatic heterocycles. The molecule has 6 heteroatoms. The molecule has 0 aliphatic carbocycles. The molecule has 1 saturated heterocycles. The van der Waals surface area contributed by atoms with Gasteiger partial charge in [0.1, 0.15) is 6.04 Å². The van der Waals surface area contributed by atoms with Gasteiger partial charge in [-0.05, 0) is 0 Å². The third-order valence-electron chi connectivity index (χ3n) is 2.67. The van der Waals surface area contributed by atoms with Crippen molar-refractivity contribution in [3.8, 4) is 0 Å². The first kappa shape index (κ1) is 12.5. The minimum absolute atomic E-state index is 0.0288. The molecule has 0 spiro atoms. The molecule has 3 amide bonds. The van der Waals surface area contributed by atoms with E-state index in [2.05, 4.69) is 5.32 Å². The number of hydrogen-bond donors (Lipinski definition) is 1. The van der Waals surface area contributed by atoms with Crippen molar-refractivity contribution in [1.82, 2.24) is 15.1 Å². The summed E-state index contributed by atoms with van der Waals surface area (Å²) in [7, 11) is 4.80. The average molecular weight is 227 g/mol. The van der Waals surface area contributed by atoms with Crippen molar-refractivity contribution in [2.75, 3.05) is 27.7 Å². The van der Waals surface area contributed by atoms with Crippen molar-refractivity contribution in [1.29, 1.82) is 0 Å². The number of nitrogens with one attached hydrogen (secondary N) is 1. The van der Waals surface area contributed by atoms with E-state index in [-0.39, 0.29) is 30.6 Å². The summed E-state index contributed by atoms with van der Waals surface area (Å²) >= 11 is 0. The molecule has 0 radical (unpaired) electrons. The second-order valence-corrected chi connectivity index (χ2v) is 4.05. The molecule has 1 heterocycles. The van der Waals surface area contributed by atoms with Crippen LogP contribution in [0.25, 0.3) is 0 Å². The maximum absolute atomic E-state index is 11.7. The van der Waals surface area contributed by atoms with Gasteiger partial charge < -0.3 is 15.1 Å². The van der Waals surface area contributed by atoms with E-state index in [1.807, 2.05) is 0 Å². The third-order valence-corrected chi connectivity index (χ3v) is 2.67. The lowest BCUT2D eigenvalue weighted by Crippen LogP contribution is -2.46. The Morgan fingerprint density at radius 3 is 2.69 bits per heavy atom. The smallest absolute Gasteiger partial charge is 0.243 e. The first-order valence-corrected chi connectivity index (χ1v) is 5.17. The van der Waals surface area contributed by atoms with Crippen LogP contribution in [-0.4, -0.2) is 61.3 Å². The Hall–Kier alpha value is -1.59. The topological polar surface area (TPSA) is 69.7 Å². The zero-order valence-electron chi connectivity index (χ0n) is 9.82. The normalized spacial score (nSPS) is 21.4. The van der Waals surface area contributed by atoms with Crippen LogP contribution in [0, 0.1) is 0 Å². The first-order valence-electron chi connectivity index (χ1n) is 5.17. The Bertz CT molecular complexity index is 314. The van der Waals surface area contributed by atoms with E-state index < -0.39 is 6.04 Å². The number of likely N-dealkylation sites (N-methyl/N-ethyl adjacent to an activating group) is 1.